The molecule has 0 aromatic heterocycles. The Labute approximate surface area is 389 Å². The minimum Gasteiger partial charge on any atom is -0.462 e. The van der Waals surface area contributed by atoms with Gasteiger partial charge in [0.2, 0.25) is 0 Å². The summed E-state index contributed by atoms with van der Waals surface area (Å²) in [7, 11) is -4.38. The number of nitrogens with two attached hydrogens (primary N) is 1. The number of carbonyl (C=O) groups is 2. The predicted molar refractivity (Wildman–Crippen MR) is 266 cm³/mol. The zero-order chi connectivity index (χ0) is 46.0. The molecule has 0 rings (SSSR count). The highest BCUT2D eigenvalue weighted by molar-refractivity contribution is 7.47. The van der Waals surface area contributed by atoms with Crippen molar-refractivity contribution in [3.05, 3.63) is 24.3 Å². The van der Waals surface area contributed by atoms with Crippen molar-refractivity contribution >= 4 is 19.8 Å². The molecule has 0 fully saturated rings. The van der Waals surface area contributed by atoms with Gasteiger partial charge in [-0.05, 0) is 64.2 Å². The van der Waals surface area contributed by atoms with Crippen LogP contribution in [0.4, 0.5) is 0 Å². The Kier molecular flexibility index (Phi) is 48.7. The van der Waals surface area contributed by atoms with Gasteiger partial charge in [0, 0.05) is 19.4 Å². The van der Waals surface area contributed by atoms with Gasteiger partial charge >= 0.3 is 19.8 Å². The minimum absolute atomic E-state index is 0.0550. The highest BCUT2D eigenvalue weighted by Crippen LogP contribution is 2.43. The summed E-state index contributed by atoms with van der Waals surface area (Å²) in [4.78, 5) is 35.1. The second kappa shape index (κ2) is 49.9. The molecule has 0 aliphatic carbocycles. The molecule has 0 heterocycles. The number of hydrogen-bond acceptors (Lipinski definition) is 8. The number of allylic oxidation sites excluding steroid dienone is 4. The molecule has 0 spiro atoms. The molecule has 2 unspecified atom stereocenters. The van der Waals surface area contributed by atoms with E-state index < -0.39 is 26.5 Å². The Morgan fingerprint density at radius 2 is 0.778 bits per heavy atom. The van der Waals surface area contributed by atoms with Crippen LogP contribution >= 0.6 is 7.82 Å². The number of phosphoric ester groups is 1. The molecule has 0 aromatic carbocycles. The number of ether oxygens (including phenoxy) is 2. The molecule has 9 nitrogen and oxygen atoms in total. The Balaban J connectivity index is 4.00. The van der Waals surface area contributed by atoms with Gasteiger partial charge < -0.3 is 20.1 Å². The van der Waals surface area contributed by atoms with Crippen LogP contribution in [-0.4, -0.2) is 49.3 Å². The number of hydrogen-bond donors (Lipinski definition) is 2. The molecule has 63 heavy (non-hydrogen) atoms. The smallest absolute Gasteiger partial charge is 0.462 e. The molecular weight excluding hydrogens is 810 g/mol. The van der Waals surface area contributed by atoms with Crippen molar-refractivity contribution in [1.29, 1.82) is 0 Å². The van der Waals surface area contributed by atoms with Crippen molar-refractivity contribution in [3.8, 4) is 0 Å². The zero-order valence-corrected chi connectivity index (χ0v) is 42.2. The lowest BCUT2D eigenvalue weighted by atomic mass is 10.0. The van der Waals surface area contributed by atoms with Gasteiger partial charge in [0.05, 0.1) is 13.2 Å². The molecule has 3 N–H and O–H groups in total. The largest absolute Gasteiger partial charge is 0.472 e. The molecule has 2 atom stereocenters. The van der Waals surface area contributed by atoms with E-state index in [1.54, 1.807) is 0 Å². The van der Waals surface area contributed by atoms with Crippen molar-refractivity contribution in [2.45, 2.75) is 277 Å². The molecule has 10 heteroatoms. The standard InChI is InChI=1S/C53H102NO8P/c1-3-5-7-9-11-13-15-17-19-21-23-25-27-29-31-33-35-37-39-41-43-45-52(55)59-49-51(50-61-63(57,58)60-48-47-54)62-53(56)46-44-42-40-38-36-34-32-30-28-26-24-22-20-18-16-14-12-10-8-6-4-2/h17-20,51H,3-16,21-50,54H2,1-2H3,(H,57,58). The maximum atomic E-state index is 12.7. The summed E-state index contributed by atoms with van der Waals surface area (Å²) in [6.45, 7) is 3.78. The number of unbranched alkanes of at least 4 members (excludes halogenated alkanes) is 34. The average Bonchev–Trinajstić information content (AvgIpc) is 3.27. The lowest BCUT2D eigenvalue weighted by molar-refractivity contribution is -0.161. The first-order valence-corrected chi connectivity index (χ1v) is 28.3. The van der Waals surface area contributed by atoms with E-state index in [0.29, 0.717) is 6.42 Å². The van der Waals surface area contributed by atoms with E-state index >= 15 is 0 Å². The van der Waals surface area contributed by atoms with Crippen molar-refractivity contribution in [1.82, 2.24) is 0 Å². The summed E-state index contributed by atoms with van der Waals surface area (Å²) in [5, 5.41) is 0. The Morgan fingerprint density at radius 1 is 0.460 bits per heavy atom. The first-order valence-electron chi connectivity index (χ1n) is 26.8. The Bertz CT molecular complexity index is 1090. The molecule has 0 saturated heterocycles. The van der Waals surface area contributed by atoms with E-state index in [9.17, 15) is 19.0 Å². The molecule has 0 aliphatic heterocycles. The Hall–Kier alpha value is -1.51. The third-order valence-corrected chi connectivity index (χ3v) is 12.8. The molecule has 0 radical (unpaired) electrons. The van der Waals surface area contributed by atoms with Crippen LogP contribution in [0.5, 0.6) is 0 Å². The van der Waals surface area contributed by atoms with Crippen molar-refractivity contribution < 1.29 is 37.6 Å². The van der Waals surface area contributed by atoms with Crippen LogP contribution in [0, 0.1) is 0 Å². The quantitative estimate of drug-likeness (QED) is 0.0265. The highest BCUT2D eigenvalue weighted by Gasteiger charge is 2.26. The van der Waals surface area contributed by atoms with Crippen LogP contribution < -0.4 is 5.73 Å². The molecule has 0 amide bonds. The van der Waals surface area contributed by atoms with E-state index in [0.717, 1.165) is 38.5 Å². The number of carbonyl (C=O) groups excluding carboxylic acids is 2. The fourth-order valence-corrected chi connectivity index (χ4v) is 8.57. The van der Waals surface area contributed by atoms with Gasteiger partial charge in [0.25, 0.3) is 0 Å². The van der Waals surface area contributed by atoms with Crippen LogP contribution in [0.1, 0.15) is 271 Å². The van der Waals surface area contributed by atoms with Crippen LogP contribution in [0.15, 0.2) is 24.3 Å². The van der Waals surface area contributed by atoms with Crippen molar-refractivity contribution in [2.24, 2.45) is 5.73 Å². The van der Waals surface area contributed by atoms with E-state index in [2.05, 4.69) is 38.2 Å². The number of esters is 2. The zero-order valence-electron chi connectivity index (χ0n) is 41.3. The second-order valence-electron chi connectivity index (χ2n) is 18.1. The van der Waals surface area contributed by atoms with Gasteiger partial charge in [-0.1, -0.05) is 218 Å². The maximum absolute atomic E-state index is 12.7. The molecule has 0 saturated carbocycles. The normalized spacial score (nSPS) is 13.3. The van der Waals surface area contributed by atoms with Gasteiger partial charge in [0.1, 0.15) is 6.61 Å². The Morgan fingerprint density at radius 3 is 1.13 bits per heavy atom. The summed E-state index contributed by atoms with van der Waals surface area (Å²) in [6, 6.07) is 0. The first kappa shape index (κ1) is 61.5. The van der Waals surface area contributed by atoms with Gasteiger partial charge in [-0.2, -0.15) is 0 Å². The number of rotatable bonds is 51. The van der Waals surface area contributed by atoms with Crippen LogP contribution in [0.3, 0.4) is 0 Å². The molecule has 372 valence electrons. The second-order valence-corrected chi connectivity index (χ2v) is 19.5. The van der Waals surface area contributed by atoms with Crippen molar-refractivity contribution in [3.63, 3.8) is 0 Å². The molecular formula is C53H102NO8P. The van der Waals surface area contributed by atoms with Crippen molar-refractivity contribution in [2.75, 3.05) is 26.4 Å². The van der Waals surface area contributed by atoms with Gasteiger partial charge in [-0.15, -0.1) is 0 Å². The van der Waals surface area contributed by atoms with Gasteiger partial charge in [-0.25, -0.2) is 4.57 Å². The third kappa shape index (κ3) is 49.8. The number of phosphoric acid groups is 1. The summed E-state index contributed by atoms with van der Waals surface area (Å²) in [5.41, 5.74) is 5.37. The molecule has 0 aromatic rings. The fraction of sp³-hybridized carbons (Fsp3) is 0.887. The maximum Gasteiger partial charge on any atom is 0.472 e. The van der Waals surface area contributed by atoms with Gasteiger partial charge in [-0.3, -0.25) is 18.6 Å². The summed E-state index contributed by atoms with van der Waals surface area (Å²) >= 11 is 0. The SMILES string of the molecule is CCCCCCCCC=CCCCCCCCCCCCCCC(=O)OCC(COP(=O)(O)OCCN)OC(=O)CCCCCCCCCCCCCC=CCCCCCCCC. The first-order chi connectivity index (χ1) is 30.8. The minimum atomic E-state index is -4.38. The third-order valence-electron chi connectivity index (χ3n) is 11.8. The molecule has 0 aliphatic rings. The molecule has 0 bridgehead atoms. The highest BCUT2D eigenvalue weighted by atomic mass is 31.2. The van der Waals surface area contributed by atoms with Crippen LogP contribution in [-0.2, 0) is 32.7 Å². The lowest BCUT2D eigenvalue weighted by Crippen LogP contribution is -2.29. The monoisotopic (exact) mass is 912 g/mol. The summed E-state index contributed by atoms with van der Waals surface area (Å²) in [6.07, 6.45) is 56.4. The van der Waals surface area contributed by atoms with Crippen LogP contribution in [0.2, 0.25) is 0 Å². The van der Waals surface area contributed by atoms with E-state index in [-0.39, 0.29) is 38.6 Å². The fourth-order valence-electron chi connectivity index (χ4n) is 7.80. The van der Waals surface area contributed by atoms with E-state index in [1.807, 2.05) is 0 Å². The lowest BCUT2D eigenvalue weighted by Gasteiger charge is -2.19. The van der Waals surface area contributed by atoms with Crippen LogP contribution in [0.25, 0.3) is 0 Å². The van der Waals surface area contributed by atoms with E-state index in [4.69, 9.17) is 24.3 Å². The van der Waals surface area contributed by atoms with Gasteiger partial charge in [0.15, 0.2) is 6.10 Å². The van der Waals surface area contributed by atoms with E-state index in [1.165, 1.54) is 199 Å². The summed E-state index contributed by atoms with van der Waals surface area (Å²) in [5.74, 6) is -0.817. The predicted octanol–water partition coefficient (Wildman–Crippen LogP) is 16.3. The average molecular weight is 912 g/mol. The summed E-state index contributed by atoms with van der Waals surface area (Å²) < 4.78 is 33.0. The topological polar surface area (TPSA) is 134 Å².